The van der Waals surface area contributed by atoms with E-state index in [0.717, 1.165) is 34.7 Å². The molecule has 21 heavy (non-hydrogen) atoms. The van der Waals surface area contributed by atoms with Gasteiger partial charge >= 0.3 is 0 Å². The SMILES string of the molecule is CCn1c(CNc2cc(C)cnc2Cl)nc2ccccc21. The number of nitrogens with zero attached hydrogens (tertiary/aromatic N) is 3. The number of aryl methyl sites for hydroxylation is 2. The number of hydrogen-bond acceptors (Lipinski definition) is 3. The molecule has 0 saturated carbocycles. The van der Waals surface area contributed by atoms with Gasteiger partial charge in [-0.1, -0.05) is 23.7 Å². The summed E-state index contributed by atoms with van der Waals surface area (Å²) >= 11 is 6.11. The van der Waals surface area contributed by atoms with Crippen LogP contribution in [0.25, 0.3) is 11.0 Å². The van der Waals surface area contributed by atoms with Gasteiger partial charge in [-0.15, -0.1) is 0 Å². The number of benzene rings is 1. The number of anilines is 1. The largest absolute Gasteiger partial charge is 0.375 e. The number of rotatable bonds is 4. The van der Waals surface area contributed by atoms with Gasteiger partial charge in [0.25, 0.3) is 0 Å². The Balaban J connectivity index is 1.89. The van der Waals surface area contributed by atoms with Gasteiger partial charge in [0.05, 0.1) is 23.3 Å². The maximum Gasteiger partial charge on any atom is 0.152 e. The molecule has 2 heterocycles. The minimum absolute atomic E-state index is 0.486. The van der Waals surface area contributed by atoms with Crippen LogP contribution in [-0.2, 0) is 13.1 Å². The maximum atomic E-state index is 6.11. The first-order chi connectivity index (χ1) is 10.2. The first-order valence-corrected chi connectivity index (χ1v) is 7.37. The van der Waals surface area contributed by atoms with Crippen LogP contribution in [0.4, 0.5) is 5.69 Å². The van der Waals surface area contributed by atoms with Crippen molar-refractivity contribution in [2.45, 2.75) is 26.9 Å². The van der Waals surface area contributed by atoms with Gasteiger partial charge in [0.15, 0.2) is 5.15 Å². The maximum absolute atomic E-state index is 6.11. The molecule has 1 aromatic carbocycles. The quantitative estimate of drug-likeness (QED) is 0.740. The smallest absolute Gasteiger partial charge is 0.152 e. The average Bonchev–Trinajstić information content (AvgIpc) is 2.85. The Morgan fingerprint density at radius 2 is 2.10 bits per heavy atom. The molecule has 0 fully saturated rings. The summed E-state index contributed by atoms with van der Waals surface area (Å²) in [4.78, 5) is 8.84. The zero-order chi connectivity index (χ0) is 14.8. The Morgan fingerprint density at radius 1 is 1.29 bits per heavy atom. The molecule has 0 radical (unpaired) electrons. The van der Waals surface area contributed by atoms with Crippen molar-refractivity contribution >= 4 is 28.3 Å². The summed E-state index contributed by atoms with van der Waals surface area (Å²) in [5, 5.41) is 3.81. The molecule has 0 spiro atoms. The van der Waals surface area contributed by atoms with Gasteiger partial charge in [-0.3, -0.25) is 0 Å². The van der Waals surface area contributed by atoms with E-state index in [1.165, 1.54) is 0 Å². The highest BCUT2D eigenvalue weighted by molar-refractivity contribution is 6.31. The van der Waals surface area contributed by atoms with E-state index in [2.05, 4.69) is 32.8 Å². The molecular formula is C16H17ClN4. The second kappa shape index (κ2) is 5.74. The summed E-state index contributed by atoms with van der Waals surface area (Å²) in [6.07, 6.45) is 1.76. The molecule has 4 nitrogen and oxygen atoms in total. The van der Waals surface area contributed by atoms with Crippen LogP contribution >= 0.6 is 11.6 Å². The number of nitrogens with one attached hydrogen (secondary N) is 1. The van der Waals surface area contributed by atoms with E-state index < -0.39 is 0 Å². The Kier molecular flexibility index (Phi) is 3.80. The second-order valence-corrected chi connectivity index (χ2v) is 5.32. The van der Waals surface area contributed by atoms with Crippen molar-refractivity contribution in [3.63, 3.8) is 0 Å². The highest BCUT2D eigenvalue weighted by atomic mass is 35.5. The first kappa shape index (κ1) is 13.9. The molecule has 0 aliphatic rings. The predicted molar refractivity (Wildman–Crippen MR) is 86.7 cm³/mol. The number of aromatic nitrogens is 3. The number of para-hydroxylation sites is 2. The van der Waals surface area contributed by atoms with Crippen LogP contribution < -0.4 is 5.32 Å². The fraction of sp³-hybridized carbons (Fsp3) is 0.250. The summed E-state index contributed by atoms with van der Waals surface area (Å²) < 4.78 is 2.21. The topological polar surface area (TPSA) is 42.7 Å². The second-order valence-electron chi connectivity index (χ2n) is 4.97. The summed E-state index contributed by atoms with van der Waals surface area (Å²) in [6.45, 7) is 5.62. The Labute approximate surface area is 128 Å². The highest BCUT2D eigenvalue weighted by Gasteiger charge is 2.09. The van der Waals surface area contributed by atoms with E-state index in [1.54, 1.807) is 6.20 Å². The molecule has 3 aromatic rings. The van der Waals surface area contributed by atoms with Crippen molar-refractivity contribution in [3.05, 3.63) is 53.1 Å². The number of imidazole rings is 1. The van der Waals surface area contributed by atoms with Gasteiger partial charge in [0.1, 0.15) is 5.82 Å². The molecule has 5 heteroatoms. The van der Waals surface area contributed by atoms with Crippen LogP contribution in [0, 0.1) is 6.92 Å². The third-order valence-corrected chi connectivity index (χ3v) is 3.76. The third-order valence-electron chi connectivity index (χ3n) is 3.46. The molecule has 0 aliphatic carbocycles. The summed E-state index contributed by atoms with van der Waals surface area (Å²) in [5.41, 5.74) is 4.09. The number of hydrogen-bond donors (Lipinski definition) is 1. The third kappa shape index (κ3) is 2.72. The average molecular weight is 301 g/mol. The molecule has 0 unspecified atom stereocenters. The zero-order valence-electron chi connectivity index (χ0n) is 12.1. The molecule has 3 rings (SSSR count). The van der Waals surface area contributed by atoms with Gasteiger partial charge < -0.3 is 9.88 Å². The fourth-order valence-corrected chi connectivity index (χ4v) is 2.63. The van der Waals surface area contributed by atoms with Gasteiger partial charge in [0.2, 0.25) is 0 Å². The number of halogens is 1. The highest BCUT2D eigenvalue weighted by Crippen LogP contribution is 2.22. The van der Waals surface area contributed by atoms with Crippen molar-refractivity contribution < 1.29 is 0 Å². The molecule has 0 aliphatic heterocycles. The fourth-order valence-electron chi connectivity index (χ4n) is 2.46. The minimum atomic E-state index is 0.486. The lowest BCUT2D eigenvalue weighted by atomic mass is 10.3. The lowest BCUT2D eigenvalue weighted by molar-refractivity contribution is 0.729. The number of pyridine rings is 1. The van der Waals surface area contributed by atoms with Crippen molar-refractivity contribution in [1.82, 2.24) is 14.5 Å². The Hall–Kier alpha value is -2.07. The van der Waals surface area contributed by atoms with E-state index in [1.807, 2.05) is 31.2 Å². The normalized spacial score (nSPS) is 11.0. The Bertz CT molecular complexity index is 779. The van der Waals surface area contributed by atoms with Gasteiger partial charge in [-0.05, 0) is 37.6 Å². The van der Waals surface area contributed by atoms with Gasteiger partial charge in [0, 0.05) is 12.7 Å². The zero-order valence-corrected chi connectivity index (χ0v) is 12.9. The number of fused-ring (bicyclic) bond motifs is 1. The molecule has 2 aromatic heterocycles. The van der Waals surface area contributed by atoms with E-state index in [4.69, 9.17) is 11.6 Å². The molecule has 0 amide bonds. The van der Waals surface area contributed by atoms with Crippen molar-refractivity contribution in [1.29, 1.82) is 0 Å². The van der Waals surface area contributed by atoms with Gasteiger partial charge in [-0.2, -0.15) is 0 Å². The van der Waals surface area contributed by atoms with Crippen LogP contribution in [0.3, 0.4) is 0 Å². The predicted octanol–water partition coefficient (Wildman–Crippen LogP) is 4.03. The molecule has 108 valence electrons. The van der Waals surface area contributed by atoms with Crippen molar-refractivity contribution in [3.8, 4) is 0 Å². The summed E-state index contributed by atoms with van der Waals surface area (Å²) in [5.74, 6) is 0.997. The lowest BCUT2D eigenvalue weighted by Gasteiger charge is -2.10. The molecular weight excluding hydrogens is 284 g/mol. The van der Waals surface area contributed by atoms with Crippen LogP contribution in [0.5, 0.6) is 0 Å². The van der Waals surface area contributed by atoms with Crippen LogP contribution in [0.1, 0.15) is 18.3 Å². The van der Waals surface area contributed by atoms with E-state index in [9.17, 15) is 0 Å². The van der Waals surface area contributed by atoms with E-state index >= 15 is 0 Å². The van der Waals surface area contributed by atoms with Gasteiger partial charge in [-0.25, -0.2) is 9.97 Å². The molecule has 0 atom stereocenters. The lowest BCUT2D eigenvalue weighted by Crippen LogP contribution is -2.08. The van der Waals surface area contributed by atoms with Crippen LogP contribution in [0.2, 0.25) is 5.15 Å². The summed E-state index contributed by atoms with van der Waals surface area (Å²) in [6, 6.07) is 10.2. The summed E-state index contributed by atoms with van der Waals surface area (Å²) in [7, 11) is 0. The van der Waals surface area contributed by atoms with Crippen molar-refractivity contribution in [2.75, 3.05) is 5.32 Å². The minimum Gasteiger partial charge on any atom is -0.375 e. The van der Waals surface area contributed by atoms with Crippen LogP contribution in [0.15, 0.2) is 36.5 Å². The van der Waals surface area contributed by atoms with Crippen LogP contribution in [-0.4, -0.2) is 14.5 Å². The Morgan fingerprint density at radius 3 is 2.90 bits per heavy atom. The first-order valence-electron chi connectivity index (χ1n) is 6.99. The van der Waals surface area contributed by atoms with E-state index in [0.29, 0.717) is 11.7 Å². The monoisotopic (exact) mass is 300 g/mol. The molecule has 1 N–H and O–H groups in total. The standard InChI is InChI=1S/C16H17ClN4/c1-3-21-14-7-5-4-6-12(14)20-15(21)10-18-13-8-11(2)9-19-16(13)17/h4-9,18H,3,10H2,1-2H3. The van der Waals surface area contributed by atoms with Crippen molar-refractivity contribution in [2.24, 2.45) is 0 Å². The van der Waals surface area contributed by atoms with E-state index in [-0.39, 0.29) is 0 Å². The molecule has 0 bridgehead atoms. The molecule has 0 saturated heterocycles.